The molecule has 1 fully saturated rings. The van der Waals surface area contributed by atoms with E-state index in [1.807, 2.05) is 18.1 Å². The number of pyridine rings is 1. The highest BCUT2D eigenvalue weighted by molar-refractivity contribution is 5.79. The second-order valence-corrected chi connectivity index (χ2v) is 12.6. The van der Waals surface area contributed by atoms with Crippen LogP contribution in [0, 0.1) is 32.6 Å². The number of Topliss-reactive ketones (excluding diaryl/α,β-unsaturated/α-hetero) is 1. The number of aryl methyl sites for hydroxylation is 1. The van der Waals surface area contributed by atoms with Gasteiger partial charge in [-0.3, -0.25) is 14.6 Å². The molecule has 1 aromatic rings. The fourth-order valence-corrected chi connectivity index (χ4v) is 5.63. The molecule has 44 heavy (non-hydrogen) atoms. The number of carbonyl (C=O) groups is 2. The van der Waals surface area contributed by atoms with E-state index in [0.29, 0.717) is 25.0 Å². The number of ketones is 1. The first-order chi connectivity index (χ1) is 21.0. The minimum Gasteiger partial charge on any atom is -0.378 e. The molecule has 250 valence electrons. The number of piperidine rings is 1. The molecule has 1 aromatic heterocycles. The monoisotopic (exact) mass is 612 g/mol. The largest absolute Gasteiger partial charge is 0.378 e. The zero-order valence-electron chi connectivity index (χ0n) is 30.0. The Morgan fingerprint density at radius 3 is 2.25 bits per heavy atom. The number of allylic oxidation sites excluding steroid dienone is 2. The highest BCUT2D eigenvalue weighted by Gasteiger charge is 2.27. The first-order valence-electron chi connectivity index (χ1n) is 17.0. The maximum absolute atomic E-state index is 12.8. The van der Waals surface area contributed by atoms with Crippen molar-refractivity contribution in [2.24, 2.45) is 5.92 Å². The van der Waals surface area contributed by atoms with Crippen LogP contribution in [0.15, 0.2) is 23.5 Å². The standard InChI is InChI=1S/C23H33N3O2.C10H22O.C3H8.C2H2/c1-16-8-11-24-23(18(16)3)19-9-12-26(13-10-19)22(28)15-25(4)21-7-5-6-20(21)14-17(2)27;1-5-7-9(3)8-11-10(4)6-2;1-3-2;1-2/h8,11,19H,5-7,9-10,12-15H2,1-4H3;9-10H,5-8H2,1-4H3;3H2,1-2H3;1-2H. The highest BCUT2D eigenvalue weighted by atomic mass is 16.5. The average Bonchev–Trinajstić information content (AvgIpc) is 3.47. The van der Waals surface area contributed by atoms with E-state index in [-0.39, 0.29) is 11.7 Å². The number of nitrogens with zero attached hydrogens (tertiary/aromatic N) is 3. The molecule has 0 spiro atoms. The predicted octanol–water partition coefficient (Wildman–Crippen LogP) is 8.66. The quantitative estimate of drug-likeness (QED) is 0.221. The lowest BCUT2D eigenvalue weighted by atomic mass is 9.89. The summed E-state index contributed by atoms with van der Waals surface area (Å²) in [6.45, 7) is 21.9. The number of aromatic nitrogens is 1. The summed E-state index contributed by atoms with van der Waals surface area (Å²) in [7, 11) is 1.99. The van der Waals surface area contributed by atoms with Crippen LogP contribution in [0.25, 0.3) is 0 Å². The van der Waals surface area contributed by atoms with Gasteiger partial charge in [0, 0.05) is 56.7 Å². The number of carbonyl (C=O) groups excluding carboxylic acids is 2. The number of rotatable bonds is 12. The van der Waals surface area contributed by atoms with Crippen LogP contribution < -0.4 is 0 Å². The summed E-state index contributed by atoms with van der Waals surface area (Å²) in [6.07, 6.45) is 20.8. The molecule has 1 saturated heterocycles. The molecule has 1 aliphatic heterocycles. The number of likely N-dealkylation sites (tertiary alicyclic amines) is 1. The number of terminal acetylenes is 1. The Balaban J connectivity index is 0.000000968. The summed E-state index contributed by atoms with van der Waals surface area (Å²) in [5, 5.41) is 0. The summed E-state index contributed by atoms with van der Waals surface area (Å²) in [6, 6.07) is 2.06. The Morgan fingerprint density at radius 1 is 1.09 bits per heavy atom. The Hall–Kier alpha value is -2.65. The molecule has 3 rings (SSSR count). The molecule has 2 aliphatic rings. The molecule has 0 aromatic carbocycles. The Morgan fingerprint density at radius 2 is 1.70 bits per heavy atom. The smallest absolute Gasteiger partial charge is 0.242 e. The second-order valence-electron chi connectivity index (χ2n) is 12.6. The van der Waals surface area contributed by atoms with Crippen LogP contribution in [-0.4, -0.2) is 65.9 Å². The van der Waals surface area contributed by atoms with Crippen molar-refractivity contribution in [3.8, 4) is 12.8 Å². The average molecular weight is 612 g/mol. The van der Waals surface area contributed by atoms with Crippen LogP contribution in [0.1, 0.15) is 135 Å². The summed E-state index contributed by atoms with van der Waals surface area (Å²) >= 11 is 0. The molecule has 0 N–H and O–H groups in total. The van der Waals surface area contributed by atoms with E-state index in [1.54, 1.807) is 6.92 Å². The van der Waals surface area contributed by atoms with Crippen LogP contribution in [0.5, 0.6) is 0 Å². The number of hydrogen-bond donors (Lipinski definition) is 0. The van der Waals surface area contributed by atoms with Crippen molar-refractivity contribution in [1.82, 2.24) is 14.8 Å². The molecule has 6 nitrogen and oxygen atoms in total. The molecule has 1 amide bonds. The predicted molar refractivity (Wildman–Crippen MR) is 187 cm³/mol. The minimum absolute atomic E-state index is 0.191. The van der Waals surface area contributed by atoms with Gasteiger partial charge in [0.1, 0.15) is 5.78 Å². The van der Waals surface area contributed by atoms with Crippen molar-refractivity contribution in [1.29, 1.82) is 0 Å². The van der Waals surface area contributed by atoms with E-state index < -0.39 is 0 Å². The molecule has 2 atom stereocenters. The van der Waals surface area contributed by atoms with Gasteiger partial charge in [0.2, 0.25) is 5.91 Å². The van der Waals surface area contributed by atoms with Crippen molar-refractivity contribution < 1.29 is 14.3 Å². The van der Waals surface area contributed by atoms with Crippen LogP contribution in [0.4, 0.5) is 0 Å². The molecule has 0 radical (unpaired) electrons. The maximum Gasteiger partial charge on any atom is 0.242 e. The highest BCUT2D eigenvalue weighted by Crippen LogP contribution is 2.32. The molecule has 1 aliphatic carbocycles. The third-order valence-electron chi connectivity index (χ3n) is 8.37. The van der Waals surface area contributed by atoms with E-state index in [2.05, 4.69) is 84.2 Å². The van der Waals surface area contributed by atoms with Crippen molar-refractivity contribution in [3.63, 3.8) is 0 Å². The van der Waals surface area contributed by atoms with Gasteiger partial charge in [-0.1, -0.05) is 47.5 Å². The maximum atomic E-state index is 12.8. The number of amides is 1. The van der Waals surface area contributed by atoms with Crippen LogP contribution in [0.3, 0.4) is 0 Å². The van der Waals surface area contributed by atoms with Gasteiger partial charge >= 0.3 is 0 Å². The first kappa shape index (κ1) is 41.4. The van der Waals surface area contributed by atoms with E-state index >= 15 is 0 Å². The SMILES string of the molecule is C#C.CC(=O)CC1=C(N(C)CC(=O)N2CCC(c3nccc(C)c3C)CC2)CCC1.CCC.CCCC(C)COC(C)CC. The molecule has 0 saturated carbocycles. The van der Waals surface area contributed by atoms with Gasteiger partial charge in [0.25, 0.3) is 0 Å². The molecule has 0 bridgehead atoms. The van der Waals surface area contributed by atoms with Gasteiger partial charge in [-0.25, -0.2) is 0 Å². The molecule has 6 heteroatoms. The summed E-state index contributed by atoms with van der Waals surface area (Å²) in [5.41, 5.74) is 6.21. The molecular weight excluding hydrogens is 546 g/mol. The van der Waals surface area contributed by atoms with Gasteiger partial charge in [-0.2, -0.15) is 0 Å². The van der Waals surface area contributed by atoms with Gasteiger partial charge in [-0.05, 0) is 101 Å². The lowest BCUT2D eigenvalue weighted by Crippen LogP contribution is -2.43. The summed E-state index contributed by atoms with van der Waals surface area (Å²) < 4.78 is 5.61. The zero-order valence-corrected chi connectivity index (χ0v) is 30.0. The van der Waals surface area contributed by atoms with E-state index in [1.165, 1.54) is 47.4 Å². The van der Waals surface area contributed by atoms with Crippen molar-refractivity contribution in [2.45, 2.75) is 139 Å². The minimum atomic E-state index is 0.191. The Labute approximate surface area is 271 Å². The van der Waals surface area contributed by atoms with Crippen LogP contribution in [0.2, 0.25) is 0 Å². The van der Waals surface area contributed by atoms with Gasteiger partial charge in [-0.15, -0.1) is 12.8 Å². The first-order valence-corrected chi connectivity index (χ1v) is 17.0. The Bertz CT molecular complexity index is 1010. The van der Waals surface area contributed by atoms with Crippen molar-refractivity contribution >= 4 is 11.7 Å². The fourth-order valence-electron chi connectivity index (χ4n) is 5.63. The summed E-state index contributed by atoms with van der Waals surface area (Å²) in [4.78, 5) is 33.0. The van der Waals surface area contributed by atoms with E-state index in [4.69, 9.17) is 4.74 Å². The van der Waals surface area contributed by atoms with Crippen molar-refractivity contribution in [3.05, 3.63) is 40.4 Å². The van der Waals surface area contributed by atoms with Crippen LogP contribution >= 0.6 is 0 Å². The van der Waals surface area contributed by atoms with Gasteiger partial charge in [0.05, 0.1) is 12.6 Å². The molecular formula is C38H65N3O3. The third kappa shape index (κ3) is 15.4. The third-order valence-corrected chi connectivity index (χ3v) is 8.37. The molecule has 2 heterocycles. The summed E-state index contributed by atoms with van der Waals surface area (Å²) in [5.74, 6) is 1.57. The second kappa shape index (κ2) is 23.7. The molecule has 2 unspecified atom stereocenters. The normalized spacial score (nSPS) is 16.0. The number of ether oxygens (including phenoxy) is 1. The van der Waals surface area contributed by atoms with Gasteiger partial charge < -0.3 is 14.5 Å². The van der Waals surface area contributed by atoms with Gasteiger partial charge in [0.15, 0.2) is 0 Å². The lowest BCUT2D eigenvalue weighted by molar-refractivity contribution is -0.132. The fraction of sp³-hybridized carbons (Fsp3) is 0.711. The number of hydrogen-bond acceptors (Lipinski definition) is 5. The number of likely N-dealkylation sites (N-methyl/N-ethyl adjacent to an activating group) is 1. The lowest BCUT2D eigenvalue weighted by Gasteiger charge is -2.34. The van der Waals surface area contributed by atoms with Crippen LogP contribution in [-0.2, 0) is 14.3 Å². The van der Waals surface area contributed by atoms with E-state index in [9.17, 15) is 9.59 Å². The van der Waals surface area contributed by atoms with E-state index in [0.717, 1.165) is 64.1 Å². The van der Waals surface area contributed by atoms with Crippen molar-refractivity contribution in [2.75, 3.05) is 33.3 Å². The Kier molecular flexibility index (Phi) is 22.3. The zero-order chi connectivity index (χ0) is 33.7. The topological polar surface area (TPSA) is 62.7 Å².